The molecule has 1 aromatic heterocycles. The van der Waals surface area contributed by atoms with Crippen molar-refractivity contribution in [1.29, 1.82) is 0 Å². The highest BCUT2D eigenvalue weighted by Gasteiger charge is 2.17. The van der Waals surface area contributed by atoms with E-state index < -0.39 is 0 Å². The Balaban J connectivity index is 1.54. The van der Waals surface area contributed by atoms with Gasteiger partial charge in [-0.25, -0.2) is 4.99 Å². The fraction of sp³-hybridized carbons (Fsp3) is 0.565. The number of nitrogens with one attached hydrogen (secondary N) is 2. The van der Waals surface area contributed by atoms with Crippen LogP contribution >= 0.6 is 0 Å². The van der Waals surface area contributed by atoms with Crippen LogP contribution in [0.15, 0.2) is 47.7 Å². The van der Waals surface area contributed by atoms with Gasteiger partial charge < -0.3 is 10.6 Å². The summed E-state index contributed by atoms with van der Waals surface area (Å²) < 4.78 is 1.96. The van der Waals surface area contributed by atoms with Crippen LogP contribution in [0.5, 0.6) is 0 Å². The second-order valence-corrected chi connectivity index (χ2v) is 8.00. The summed E-state index contributed by atoms with van der Waals surface area (Å²) >= 11 is 0. The first kappa shape index (κ1) is 21.4. The number of hydrogen-bond acceptors (Lipinski definition) is 3. The van der Waals surface area contributed by atoms with Crippen molar-refractivity contribution >= 4 is 5.96 Å². The van der Waals surface area contributed by atoms with Crippen molar-refractivity contribution in [2.24, 2.45) is 10.9 Å². The number of benzene rings is 1. The number of aryl methyl sites for hydroxylation is 1. The Bertz CT molecular complexity index is 740. The molecule has 1 aliphatic rings. The first-order valence-electron chi connectivity index (χ1n) is 11.0. The van der Waals surface area contributed by atoms with Crippen LogP contribution in [0.3, 0.4) is 0 Å². The fourth-order valence-electron chi connectivity index (χ4n) is 3.92. The van der Waals surface area contributed by atoms with E-state index in [-0.39, 0.29) is 0 Å². The maximum absolute atomic E-state index is 4.84. The van der Waals surface area contributed by atoms with Gasteiger partial charge >= 0.3 is 0 Å². The normalized spacial score (nSPS) is 18.0. The Labute approximate surface area is 175 Å². The molecule has 1 aliphatic heterocycles. The number of aliphatic imine (C=N–C) groups is 1. The monoisotopic (exact) mass is 396 g/mol. The van der Waals surface area contributed by atoms with Crippen LogP contribution in [0.25, 0.3) is 0 Å². The predicted molar refractivity (Wildman–Crippen MR) is 120 cm³/mol. The number of nitrogens with zero attached hydrogens (tertiary/aromatic N) is 4. The Morgan fingerprint density at radius 3 is 2.83 bits per heavy atom. The summed E-state index contributed by atoms with van der Waals surface area (Å²) in [5, 5.41) is 11.1. The average molecular weight is 397 g/mol. The molecule has 1 unspecified atom stereocenters. The summed E-state index contributed by atoms with van der Waals surface area (Å²) in [6, 6.07) is 10.7. The minimum Gasteiger partial charge on any atom is -0.357 e. The molecule has 1 atom stereocenters. The van der Waals surface area contributed by atoms with E-state index in [2.05, 4.69) is 58.7 Å². The fourth-order valence-corrected chi connectivity index (χ4v) is 3.92. The standard InChI is InChI=1S/C23H36N6/c1-3-24-23(25-12-7-15-29-16-8-13-27-29)26-17-21-10-4-5-11-22(21)19-28-14-6-9-20(2)18-28/h4-5,8,10-11,13,16,20H,3,6-7,9,12,14-15,17-19H2,1-2H3,(H2,24,25,26). The number of guanidine groups is 1. The molecule has 0 radical (unpaired) electrons. The molecule has 29 heavy (non-hydrogen) atoms. The topological polar surface area (TPSA) is 57.5 Å². The van der Waals surface area contributed by atoms with E-state index in [0.29, 0.717) is 6.54 Å². The summed E-state index contributed by atoms with van der Waals surface area (Å²) in [4.78, 5) is 7.43. The Hall–Kier alpha value is -2.34. The lowest BCUT2D eigenvalue weighted by Crippen LogP contribution is -2.38. The van der Waals surface area contributed by atoms with Gasteiger partial charge in [-0.05, 0) is 55.8 Å². The van der Waals surface area contributed by atoms with Crippen molar-refractivity contribution in [3.05, 3.63) is 53.9 Å². The Morgan fingerprint density at radius 2 is 2.07 bits per heavy atom. The molecule has 0 aliphatic carbocycles. The van der Waals surface area contributed by atoms with Crippen molar-refractivity contribution < 1.29 is 0 Å². The molecule has 1 fully saturated rings. The average Bonchev–Trinajstić information content (AvgIpc) is 3.24. The molecule has 0 spiro atoms. The van der Waals surface area contributed by atoms with Crippen LogP contribution in [0, 0.1) is 5.92 Å². The molecule has 2 heterocycles. The van der Waals surface area contributed by atoms with E-state index in [1.807, 2.05) is 23.1 Å². The van der Waals surface area contributed by atoms with Crippen LogP contribution in [-0.4, -0.2) is 46.8 Å². The second-order valence-electron chi connectivity index (χ2n) is 8.00. The summed E-state index contributed by atoms with van der Waals surface area (Å²) in [7, 11) is 0. The predicted octanol–water partition coefficient (Wildman–Crippen LogP) is 3.26. The van der Waals surface area contributed by atoms with Gasteiger partial charge in [0.05, 0.1) is 6.54 Å². The molecular formula is C23H36N6. The lowest BCUT2D eigenvalue weighted by molar-refractivity contribution is 0.176. The van der Waals surface area contributed by atoms with Crippen molar-refractivity contribution in [3.63, 3.8) is 0 Å². The highest BCUT2D eigenvalue weighted by Crippen LogP contribution is 2.19. The molecule has 0 bridgehead atoms. The summed E-state index contributed by atoms with van der Waals surface area (Å²) in [6.07, 6.45) is 7.51. The summed E-state index contributed by atoms with van der Waals surface area (Å²) in [6.45, 7) is 11.3. The zero-order chi connectivity index (χ0) is 20.3. The maximum Gasteiger partial charge on any atom is 0.191 e. The van der Waals surface area contributed by atoms with Crippen molar-refractivity contribution in [2.75, 3.05) is 26.2 Å². The van der Waals surface area contributed by atoms with Crippen molar-refractivity contribution in [1.82, 2.24) is 25.3 Å². The highest BCUT2D eigenvalue weighted by molar-refractivity contribution is 5.79. The quantitative estimate of drug-likeness (QED) is 0.388. The molecular weight excluding hydrogens is 360 g/mol. The third kappa shape index (κ3) is 7.20. The Kier molecular flexibility index (Phi) is 8.56. The van der Waals surface area contributed by atoms with Gasteiger partial charge in [0.1, 0.15) is 0 Å². The first-order valence-corrected chi connectivity index (χ1v) is 11.0. The molecule has 1 saturated heterocycles. The number of rotatable bonds is 9. The second kappa shape index (κ2) is 11.6. The summed E-state index contributed by atoms with van der Waals surface area (Å²) in [5.41, 5.74) is 2.72. The SMILES string of the molecule is CCNC(=NCc1ccccc1CN1CCCC(C)C1)NCCCn1cccn1. The number of aromatic nitrogens is 2. The van der Waals surface area contributed by atoms with Gasteiger partial charge in [0.15, 0.2) is 5.96 Å². The highest BCUT2D eigenvalue weighted by atomic mass is 15.3. The number of hydrogen-bond donors (Lipinski definition) is 2. The molecule has 0 saturated carbocycles. The van der Waals surface area contributed by atoms with E-state index in [1.54, 1.807) is 0 Å². The number of piperidine rings is 1. The minimum atomic E-state index is 0.702. The van der Waals surface area contributed by atoms with Gasteiger partial charge in [-0.3, -0.25) is 9.58 Å². The third-order valence-corrected chi connectivity index (χ3v) is 5.42. The first-order chi connectivity index (χ1) is 14.2. The minimum absolute atomic E-state index is 0.702. The van der Waals surface area contributed by atoms with Gasteiger partial charge in [-0.15, -0.1) is 0 Å². The smallest absolute Gasteiger partial charge is 0.191 e. The van der Waals surface area contributed by atoms with E-state index in [0.717, 1.165) is 44.5 Å². The molecule has 2 N–H and O–H groups in total. The van der Waals surface area contributed by atoms with Crippen LogP contribution in [-0.2, 0) is 19.6 Å². The lowest BCUT2D eigenvalue weighted by atomic mass is 9.99. The lowest BCUT2D eigenvalue weighted by Gasteiger charge is -2.31. The number of likely N-dealkylation sites (tertiary alicyclic amines) is 1. The molecule has 2 aromatic rings. The van der Waals surface area contributed by atoms with Crippen molar-refractivity contribution in [3.8, 4) is 0 Å². The molecule has 3 rings (SSSR count). The van der Waals surface area contributed by atoms with Crippen molar-refractivity contribution in [2.45, 2.75) is 52.7 Å². The van der Waals surface area contributed by atoms with Crippen LogP contribution in [0.2, 0.25) is 0 Å². The van der Waals surface area contributed by atoms with E-state index in [4.69, 9.17) is 4.99 Å². The van der Waals surface area contributed by atoms with Crippen LogP contribution < -0.4 is 10.6 Å². The third-order valence-electron chi connectivity index (χ3n) is 5.42. The molecule has 1 aromatic carbocycles. The molecule has 158 valence electrons. The molecule has 6 nitrogen and oxygen atoms in total. The van der Waals surface area contributed by atoms with Gasteiger partial charge in [0, 0.05) is 45.1 Å². The van der Waals surface area contributed by atoms with Crippen LogP contribution in [0.4, 0.5) is 0 Å². The van der Waals surface area contributed by atoms with E-state index in [9.17, 15) is 0 Å². The maximum atomic E-state index is 4.84. The molecule has 6 heteroatoms. The van der Waals surface area contributed by atoms with Gasteiger partial charge in [-0.2, -0.15) is 5.10 Å². The van der Waals surface area contributed by atoms with Gasteiger partial charge in [0.2, 0.25) is 0 Å². The zero-order valence-corrected chi connectivity index (χ0v) is 18.0. The van der Waals surface area contributed by atoms with E-state index >= 15 is 0 Å². The largest absolute Gasteiger partial charge is 0.357 e. The van der Waals surface area contributed by atoms with Gasteiger partial charge in [0.25, 0.3) is 0 Å². The summed E-state index contributed by atoms with van der Waals surface area (Å²) in [5.74, 6) is 1.69. The van der Waals surface area contributed by atoms with E-state index in [1.165, 1.54) is 37.1 Å². The molecule has 0 amide bonds. The zero-order valence-electron chi connectivity index (χ0n) is 18.0. The van der Waals surface area contributed by atoms with Gasteiger partial charge in [-0.1, -0.05) is 31.2 Å². The Morgan fingerprint density at radius 1 is 1.21 bits per heavy atom. The van der Waals surface area contributed by atoms with Crippen LogP contribution in [0.1, 0.15) is 44.2 Å².